The molecule has 0 aliphatic carbocycles. The van der Waals surface area contributed by atoms with Crippen LogP contribution in [0.5, 0.6) is 11.5 Å². The standard InChI is InChI=1S/C22H25N3O3/c1-27-20-5-2-3-6-21(20)28-17-22(26)25-12-4-11-24(13-14-25)16-19-9-7-18(15-23)8-10-19/h2-3,5-10H,4,11-14,16-17H2,1H3. The lowest BCUT2D eigenvalue weighted by atomic mass is 10.1. The molecular formula is C22H25N3O3. The van der Waals surface area contributed by atoms with Crippen molar-refractivity contribution < 1.29 is 14.3 Å². The molecule has 6 heteroatoms. The zero-order valence-corrected chi connectivity index (χ0v) is 16.1. The minimum absolute atomic E-state index is 0.00821. The molecule has 1 saturated heterocycles. The molecular weight excluding hydrogens is 354 g/mol. The van der Waals surface area contributed by atoms with Crippen molar-refractivity contribution in [2.45, 2.75) is 13.0 Å². The van der Waals surface area contributed by atoms with Crippen LogP contribution in [0.1, 0.15) is 17.5 Å². The van der Waals surface area contributed by atoms with Crippen molar-refractivity contribution in [3.63, 3.8) is 0 Å². The maximum absolute atomic E-state index is 12.6. The van der Waals surface area contributed by atoms with Crippen LogP contribution in [-0.4, -0.2) is 55.6 Å². The molecule has 0 radical (unpaired) electrons. The number of nitriles is 1. The molecule has 3 rings (SSSR count). The fourth-order valence-electron chi connectivity index (χ4n) is 3.29. The molecule has 0 atom stereocenters. The van der Waals surface area contributed by atoms with E-state index in [1.54, 1.807) is 13.2 Å². The SMILES string of the molecule is COc1ccccc1OCC(=O)N1CCCN(Cc2ccc(C#N)cc2)CC1. The second kappa shape index (κ2) is 9.77. The van der Waals surface area contributed by atoms with E-state index in [2.05, 4.69) is 11.0 Å². The highest BCUT2D eigenvalue weighted by molar-refractivity contribution is 5.77. The van der Waals surface area contributed by atoms with Gasteiger partial charge in [0, 0.05) is 32.7 Å². The molecule has 0 unspecified atom stereocenters. The van der Waals surface area contributed by atoms with Crippen molar-refractivity contribution in [3.05, 3.63) is 59.7 Å². The molecule has 146 valence electrons. The lowest BCUT2D eigenvalue weighted by Crippen LogP contribution is -2.38. The number of hydrogen-bond donors (Lipinski definition) is 0. The van der Waals surface area contributed by atoms with E-state index in [0.29, 0.717) is 23.6 Å². The van der Waals surface area contributed by atoms with Crippen LogP contribution in [0.25, 0.3) is 0 Å². The summed E-state index contributed by atoms with van der Waals surface area (Å²) in [6, 6.07) is 17.2. The Labute approximate surface area is 165 Å². The summed E-state index contributed by atoms with van der Waals surface area (Å²) in [5.74, 6) is 1.20. The molecule has 1 amide bonds. The van der Waals surface area contributed by atoms with Gasteiger partial charge >= 0.3 is 0 Å². The summed E-state index contributed by atoms with van der Waals surface area (Å²) in [6.45, 7) is 4.02. The number of rotatable bonds is 6. The van der Waals surface area contributed by atoms with Gasteiger partial charge in [0.2, 0.25) is 0 Å². The van der Waals surface area contributed by atoms with Crippen LogP contribution < -0.4 is 9.47 Å². The third kappa shape index (κ3) is 5.24. The Hall–Kier alpha value is -3.04. The van der Waals surface area contributed by atoms with E-state index in [1.165, 1.54) is 5.56 Å². The van der Waals surface area contributed by atoms with Crippen molar-refractivity contribution in [3.8, 4) is 17.6 Å². The summed E-state index contributed by atoms with van der Waals surface area (Å²) in [5.41, 5.74) is 1.85. The zero-order chi connectivity index (χ0) is 19.8. The maximum atomic E-state index is 12.6. The third-order valence-electron chi connectivity index (χ3n) is 4.85. The molecule has 2 aromatic rings. The fraction of sp³-hybridized carbons (Fsp3) is 0.364. The molecule has 0 bridgehead atoms. The van der Waals surface area contributed by atoms with Gasteiger partial charge in [-0.25, -0.2) is 0 Å². The number of hydrogen-bond acceptors (Lipinski definition) is 5. The Morgan fingerprint density at radius 3 is 2.50 bits per heavy atom. The smallest absolute Gasteiger partial charge is 0.260 e. The minimum atomic E-state index is -0.00821. The van der Waals surface area contributed by atoms with Gasteiger partial charge in [-0.1, -0.05) is 24.3 Å². The van der Waals surface area contributed by atoms with E-state index in [9.17, 15) is 4.79 Å². The molecule has 1 aliphatic heterocycles. The van der Waals surface area contributed by atoms with Crippen LogP contribution in [0.3, 0.4) is 0 Å². The Bertz CT molecular complexity index is 830. The number of benzene rings is 2. The molecule has 1 fully saturated rings. The summed E-state index contributed by atoms with van der Waals surface area (Å²) in [5, 5.41) is 8.90. The predicted molar refractivity (Wildman–Crippen MR) is 106 cm³/mol. The first-order valence-corrected chi connectivity index (χ1v) is 9.44. The monoisotopic (exact) mass is 379 g/mol. The molecule has 0 N–H and O–H groups in total. The van der Waals surface area contributed by atoms with E-state index < -0.39 is 0 Å². The highest BCUT2D eigenvalue weighted by Gasteiger charge is 2.20. The molecule has 1 heterocycles. The van der Waals surface area contributed by atoms with Crippen LogP contribution in [0, 0.1) is 11.3 Å². The average Bonchev–Trinajstić information content (AvgIpc) is 2.98. The van der Waals surface area contributed by atoms with E-state index in [0.717, 1.165) is 32.6 Å². The number of ether oxygens (including phenoxy) is 2. The molecule has 28 heavy (non-hydrogen) atoms. The number of methoxy groups -OCH3 is 1. The van der Waals surface area contributed by atoms with Gasteiger partial charge in [-0.2, -0.15) is 5.26 Å². The fourth-order valence-corrected chi connectivity index (χ4v) is 3.29. The summed E-state index contributed by atoms with van der Waals surface area (Å²) < 4.78 is 10.9. The van der Waals surface area contributed by atoms with Gasteiger partial charge in [0.1, 0.15) is 0 Å². The second-order valence-corrected chi connectivity index (χ2v) is 6.76. The lowest BCUT2D eigenvalue weighted by molar-refractivity contribution is -0.133. The molecule has 0 spiro atoms. The van der Waals surface area contributed by atoms with Crippen LogP contribution in [0.2, 0.25) is 0 Å². The first-order valence-electron chi connectivity index (χ1n) is 9.44. The van der Waals surface area contributed by atoms with Gasteiger partial charge < -0.3 is 14.4 Å². The van der Waals surface area contributed by atoms with Crippen LogP contribution in [0.4, 0.5) is 0 Å². The zero-order valence-electron chi connectivity index (χ0n) is 16.1. The Balaban J connectivity index is 1.50. The van der Waals surface area contributed by atoms with Crippen molar-refractivity contribution in [1.29, 1.82) is 5.26 Å². The highest BCUT2D eigenvalue weighted by Crippen LogP contribution is 2.25. The van der Waals surface area contributed by atoms with Crippen molar-refractivity contribution >= 4 is 5.91 Å². The van der Waals surface area contributed by atoms with Gasteiger partial charge in [-0.3, -0.25) is 9.69 Å². The lowest BCUT2D eigenvalue weighted by Gasteiger charge is -2.22. The maximum Gasteiger partial charge on any atom is 0.260 e. The van der Waals surface area contributed by atoms with Crippen molar-refractivity contribution in [1.82, 2.24) is 9.80 Å². The van der Waals surface area contributed by atoms with Crippen molar-refractivity contribution in [2.75, 3.05) is 39.9 Å². The van der Waals surface area contributed by atoms with Gasteiger partial charge in [-0.15, -0.1) is 0 Å². The predicted octanol–water partition coefficient (Wildman–Crippen LogP) is 2.68. The third-order valence-corrected chi connectivity index (χ3v) is 4.85. The number of amides is 1. The Morgan fingerprint density at radius 1 is 1.04 bits per heavy atom. The van der Waals surface area contributed by atoms with Gasteiger partial charge in [-0.05, 0) is 36.2 Å². The first kappa shape index (κ1) is 19.7. The van der Waals surface area contributed by atoms with Gasteiger partial charge in [0.05, 0.1) is 18.7 Å². The van der Waals surface area contributed by atoms with Crippen molar-refractivity contribution in [2.24, 2.45) is 0 Å². The van der Waals surface area contributed by atoms with E-state index in [-0.39, 0.29) is 12.5 Å². The van der Waals surface area contributed by atoms with E-state index in [4.69, 9.17) is 14.7 Å². The Kier molecular flexibility index (Phi) is 6.88. The second-order valence-electron chi connectivity index (χ2n) is 6.76. The molecule has 2 aromatic carbocycles. The van der Waals surface area contributed by atoms with Crippen LogP contribution in [0.15, 0.2) is 48.5 Å². The first-order chi connectivity index (χ1) is 13.7. The van der Waals surface area contributed by atoms with Gasteiger partial charge in [0.25, 0.3) is 5.91 Å². The number of carbonyl (C=O) groups excluding carboxylic acids is 1. The summed E-state index contributed by atoms with van der Waals surface area (Å²) in [7, 11) is 1.58. The Morgan fingerprint density at radius 2 is 1.79 bits per heavy atom. The van der Waals surface area contributed by atoms with E-state index in [1.807, 2.05) is 47.4 Å². The topological polar surface area (TPSA) is 65.8 Å². The number of carbonyl (C=O) groups is 1. The van der Waals surface area contributed by atoms with E-state index >= 15 is 0 Å². The van der Waals surface area contributed by atoms with Crippen LogP contribution in [-0.2, 0) is 11.3 Å². The average molecular weight is 379 g/mol. The largest absolute Gasteiger partial charge is 0.493 e. The molecule has 0 aromatic heterocycles. The highest BCUT2D eigenvalue weighted by atomic mass is 16.5. The molecule has 1 aliphatic rings. The summed E-state index contributed by atoms with van der Waals surface area (Å²) in [6.07, 6.45) is 0.927. The normalized spacial score (nSPS) is 14.8. The van der Waals surface area contributed by atoms with Crippen LogP contribution >= 0.6 is 0 Å². The summed E-state index contributed by atoms with van der Waals surface area (Å²) in [4.78, 5) is 16.8. The quantitative estimate of drug-likeness (QED) is 0.772. The molecule has 6 nitrogen and oxygen atoms in total. The molecule has 0 saturated carbocycles. The minimum Gasteiger partial charge on any atom is -0.493 e. The number of para-hydroxylation sites is 2. The van der Waals surface area contributed by atoms with Gasteiger partial charge in [0.15, 0.2) is 18.1 Å². The summed E-state index contributed by atoms with van der Waals surface area (Å²) >= 11 is 0. The number of nitrogens with zero attached hydrogens (tertiary/aromatic N) is 3.